The quantitative estimate of drug-likeness (QED) is 0.412. The van der Waals surface area contributed by atoms with Crippen molar-refractivity contribution in [3.8, 4) is 34.1 Å². The third-order valence-electron chi connectivity index (χ3n) is 4.54. The van der Waals surface area contributed by atoms with Gasteiger partial charge in [-0.3, -0.25) is 0 Å². The number of rotatable bonds is 9. The second kappa shape index (κ2) is 9.82. The molecule has 8 nitrogen and oxygen atoms in total. The summed E-state index contributed by atoms with van der Waals surface area (Å²) in [6.07, 6.45) is 1.75. The van der Waals surface area contributed by atoms with E-state index in [1.165, 1.54) is 0 Å². The van der Waals surface area contributed by atoms with Gasteiger partial charge in [-0.25, -0.2) is 9.97 Å². The van der Waals surface area contributed by atoms with Crippen LogP contribution in [0.1, 0.15) is 11.7 Å². The van der Waals surface area contributed by atoms with E-state index >= 15 is 0 Å². The molecular weight excluding hydrogens is 394 g/mol. The Hall–Kier alpha value is -3.78. The van der Waals surface area contributed by atoms with Gasteiger partial charge in [0.1, 0.15) is 12.4 Å². The summed E-state index contributed by atoms with van der Waals surface area (Å²) in [5, 5.41) is 7.34. The molecule has 4 aromatic rings. The van der Waals surface area contributed by atoms with Crippen LogP contribution >= 0.6 is 0 Å². The van der Waals surface area contributed by atoms with Gasteiger partial charge in [-0.15, -0.1) is 0 Å². The lowest BCUT2D eigenvalue weighted by Gasteiger charge is -2.10. The summed E-state index contributed by atoms with van der Waals surface area (Å²) in [4.78, 5) is 13.1. The van der Waals surface area contributed by atoms with Gasteiger partial charge in [0.05, 0.1) is 19.3 Å². The summed E-state index contributed by atoms with van der Waals surface area (Å²) in [6.45, 7) is 3.43. The van der Waals surface area contributed by atoms with Gasteiger partial charge >= 0.3 is 0 Å². The Morgan fingerprint density at radius 3 is 2.65 bits per heavy atom. The summed E-state index contributed by atoms with van der Waals surface area (Å²) in [5.41, 5.74) is 2.69. The fourth-order valence-electron chi connectivity index (χ4n) is 3.05. The number of aromatic nitrogens is 4. The standard InChI is InChI=1S/C23H23N5O3/c1-16-25-11-10-19(26-16)17-6-5-7-18(14-17)23-27-22(31-28-23)15-24-12-13-30-21-9-4-3-8-20(21)29-2/h3-11,14,24H,12-13,15H2,1-2H3. The summed E-state index contributed by atoms with van der Waals surface area (Å²) >= 11 is 0. The predicted octanol–water partition coefficient (Wildman–Crippen LogP) is 3.68. The molecule has 1 N–H and O–H groups in total. The Labute approximate surface area is 180 Å². The van der Waals surface area contributed by atoms with Crippen molar-refractivity contribution in [1.82, 2.24) is 25.4 Å². The molecule has 0 bridgehead atoms. The zero-order chi connectivity index (χ0) is 21.5. The van der Waals surface area contributed by atoms with Crippen LogP contribution in [-0.4, -0.2) is 40.4 Å². The summed E-state index contributed by atoms with van der Waals surface area (Å²) in [5.74, 6) is 3.20. The molecule has 0 radical (unpaired) electrons. The molecule has 0 saturated heterocycles. The minimum absolute atomic E-state index is 0.451. The number of aryl methyl sites for hydroxylation is 1. The van der Waals surface area contributed by atoms with Crippen LogP contribution in [0.15, 0.2) is 65.3 Å². The lowest BCUT2D eigenvalue weighted by molar-refractivity contribution is 0.287. The molecule has 4 rings (SSSR count). The molecule has 2 heterocycles. The van der Waals surface area contributed by atoms with Crippen molar-refractivity contribution in [1.29, 1.82) is 0 Å². The second-order valence-electron chi connectivity index (χ2n) is 6.76. The first kappa shape index (κ1) is 20.5. The van der Waals surface area contributed by atoms with E-state index in [9.17, 15) is 0 Å². The Morgan fingerprint density at radius 1 is 0.968 bits per heavy atom. The van der Waals surface area contributed by atoms with Crippen LogP contribution in [0.4, 0.5) is 0 Å². The molecule has 0 saturated carbocycles. The van der Waals surface area contributed by atoms with E-state index in [0.29, 0.717) is 42.9 Å². The molecule has 8 heteroatoms. The van der Waals surface area contributed by atoms with Gasteiger partial charge in [0.2, 0.25) is 11.7 Å². The van der Waals surface area contributed by atoms with Gasteiger partial charge in [-0.05, 0) is 31.2 Å². The number of nitrogens with one attached hydrogen (secondary N) is 1. The Morgan fingerprint density at radius 2 is 1.81 bits per heavy atom. The highest BCUT2D eigenvalue weighted by atomic mass is 16.5. The van der Waals surface area contributed by atoms with Crippen LogP contribution in [0.2, 0.25) is 0 Å². The van der Waals surface area contributed by atoms with Crippen LogP contribution in [0.5, 0.6) is 11.5 Å². The maximum atomic E-state index is 5.74. The van der Waals surface area contributed by atoms with Crippen molar-refractivity contribution in [3.05, 3.63) is 72.5 Å². The number of ether oxygens (including phenoxy) is 2. The van der Waals surface area contributed by atoms with E-state index in [0.717, 1.165) is 22.6 Å². The molecule has 0 aliphatic carbocycles. The van der Waals surface area contributed by atoms with Crippen LogP contribution in [-0.2, 0) is 6.54 Å². The van der Waals surface area contributed by atoms with E-state index in [4.69, 9.17) is 14.0 Å². The monoisotopic (exact) mass is 417 g/mol. The van der Waals surface area contributed by atoms with E-state index in [1.54, 1.807) is 13.3 Å². The molecule has 158 valence electrons. The Bertz CT molecular complexity index is 1150. The average molecular weight is 417 g/mol. The molecule has 0 spiro atoms. The molecule has 2 aromatic carbocycles. The predicted molar refractivity (Wildman–Crippen MR) is 116 cm³/mol. The first-order valence-corrected chi connectivity index (χ1v) is 9.92. The van der Waals surface area contributed by atoms with Crippen molar-refractivity contribution in [3.63, 3.8) is 0 Å². The van der Waals surface area contributed by atoms with Gasteiger partial charge in [0.25, 0.3) is 0 Å². The van der Waals surface area contributed by atoms with E-state index in [1.807, 2.05) is 61.5 Å². The largest absolute Gasteiger partial charge is 0.493 e. The number of hydrogen-bond donors (Lipinski definition) is 1. The van der Waals surface area contributed by atoms with Crippen molar-refractivity contribution >= 4 is 0 Å². The Kier molecular flexibility index (Phi) is 6.49. The summed E-state index contributed by atoms with van der Waals surface area (Å²) in [7, 11) is 1.62. The van der Waals surface area contributed by atoms with Gasteiger partial charge in [-0.1, -0.05) is 35.5 Å². The van der Waals surface area contributed by atoms with Crippen molar-refractivity contribution in [2.24, 2.45) is 0 Å². The highest BCUT2D eigenvalue weighted by molar-refractivity contribution is 5.67. The first-order valence-electron chi connectivity index (χ1n) is 9.92. The van der Waals surface area contributed by atoms with Crippen LogP contribution in [0.3, 0.4) is 0 Å². The molecule has 0 aliphatic rings. The zero-order valence-corrected chi connectivity index (χ0v) is 17.4. The molecule has 2 aromatic heterocycles. The van der Waals surface area contributed by atoms with E-state index < -0.39 is 0 Å². The molecule has 0 atom stereocenters. The van der Waals surface area contributed by atoms with Gasteiger partial charge < -0.3 is 19.3 Å². The highest BCUT2D eigenvalue weighted by Crippen LogP contribution is 2.25. The maximum Gasteiger partial charge on any atom is 0.240 e. The lowest BCUT2D eigenvalue weighted by atomic mass is 10.1. The number of para-hydroxylation sites is 2. The minimum atomic E-state index is 0.451. The smallest absolute Gasteiger partial charge is 0.240 e. The fraction of sp³-hybridized carbons (Fsp3) is 0.217. The average Bonchev–Trinajstić information content (AvgIpc) is 3.28. The normalized spacial score (nSPS) is 10.8. The van der Waals surface area contributed by atoms with Crippen molar-refractivity contribution < 1.29 is 14.0 Å². The maximum absolute atomic E-state index is 5.74. The number of hydrogen-bond acceptors (Lipinski definition) is 8. The highest BCUT2D eigenvalue weighted by Gasteiger charge is 2.10. The van der Waals surface area contributed by atoms with Crippen LogP contribution in [0.25, 0.3) is 22.6 Å². The molecule has 0 aliphatic heterocycles. The number of methoxy groups -OCH3 is 1. The molecule has 0 amide bonds. The van der Waals surface area contributed by atoms with Gasteiger partial charge in [-0.2, -0.15) is 4.98 Å². The third-order valence-corrected chi connectivity index (χ3v) is 4.54. The van der Waals surface area contributed by atoms with Crippen molar-refractivity contribution in [2.75, 3.05) is 20.3 Å². The second-order valence-corrected chi connectivity index (χ2v) is 6.76. The van der Waals surface area contributed by atoms with E-state index in [-0.39, 0.29) is 0 Å². The first-order chi connectivity index (χ1) is 15.2. The molecule has 0 fully saturated rings. The molecular formula is C23H23N5O3. The summed E-state index contributed by atoms with van der Waals surface area (Å²) in [6, 6.07) is 17.3. The van der Waals surface area contributed by atoms with Gasteiger partial charge in [0.15, 0.2) is 11.5 Å². The SMILES string of the molecule is COc1ccccc1OCCNCc1nc(-c2cccc(-c3ccnc(C)n3)c2)no1. The molecule has 31 heavy (non-hydrogen) atoms. The third kappa shape index (κ3) is 5.23. The molecule has 0 unspecified atom stereocenters. The van der Waals surface area contributed by atoms with Gasteiger partial charge in [0, 0.05) is 23.9 Å². The Balaban J connectivity index is 1.32. The number of benzene rings is 2. The number of nitrogens with zero attached hydrogens (tertiary/aromatic N) is 4. The van der Waals surface area contributed by atoms with Crippen LogP contribution < -0.4 is 14.8 Å². The van der Waals surface area contributed by atoms with Crippen LogP contribution in [0, 0.1) is 6.92 Å². The lowest BCUT2D eigenvalue weighted by Crippen LogP contribution is -2.20. The zero-order valence-electron chi connectivity index (χ0n) is 17.4. The fourth-order valence-corrected chi connectivity index (χ4v) is 3.05. The topological polar surface area (TPSA) is 95.2 Å². The minimum Gasteiger partial charge on any atom is -0.493 e. The van der Waals surface area contributed by atoms with E-state index in [2.05, 4.69) is 25.4 Å². The van der Waals surface area contributed by atoms with Crippen molar-refractivity contribution in [2.45, 2.75) is 13.5 Å². The summed E-state index contributed by atoms with van der Waals surface area (Å²) < 4.78 is 16.4.